The van der Waals surface area contributed by atoms with Gasteiger partial charge in [-0.25, -0.2) is 19.6 Å². The zero-order valence-corrected chi connectivity index (χ0v) is 31.2. The lowest BCUT2D eigenvalue weighted by Gasteiger charge is -2.36. The topological polar surface area (TPSA) is 165 Å². The molecule has 3 rings (SSSR count). The second-order valence-corrected chi connectivity index (χ2v) is 13.6. The number of ether oxygens (including phenoxy) is 2. The molecular weight excluding hydrogens is 676 g/mol. The highest BCUT2D eigenvalue weighted by Crippen LogP contribution is 2.33. The summed E-state index contributed by atoms with van der Waals surface area (Å²) in [7, 11) is 0. The van der Waals surface area contributed by atoms with Gasteiger partial charge in [-0.15, -0.1) is 0 Å². The van der Waals surface area contributed by atoms with Crippen molar-refractivity contribution in [3.63, 3.8) is 0 Å². The number of aliphatic hydroxyl groups excluding tert-OH is 3. The molecule has 53 heavy (non-hydrogen) atoms. The normalized spacial score (nSPS) is 21.6. The summed E-state index contributed by atoms with van der Waals surface area (Å²) in [5.74, 6) is -1.03. The maximum absolute atomic E-state index is 13.2. The molecule has 1 aliphatic rings. The molecule has 2 aromatic heterocycles. The van der Waals surface area contributed by atoms with Gasteiger partial charge in [0.2, 0.25) is 5.89 Å². The van der Waals surface area contributed by atoms with Crippen molar-refractivity contribution in [2.24, 2.45) is 10.8 Å². The Morgan fingerprint density at radius 3 is 1.72 bits per heavy atom. The van der Waals surface area contributed by atoms with Crippen LogP contribution in [0.5, 0.6) is 0 Å². The van der Waals surface area contributed by atoms with Crippen LogP contribution in [-0.2, 0) is 15.9 Å². The summed E-state index contributed by atoms with van der Waals surface area (Å²) in [6.45, 7) is 10.9. The first-order valence-electron chi connectivity index (χ1n) is 17.6. The van der Waals surface area contributed by atoms with E-state index < -0.39 is 53.3 Å². The molecule has 0 unspecified atom stereocenters. The Bertz CT molecular complexity index is 1750. The van der Waals surface area contributed by atoms with Crippen LogP contribution >= 0.6 is 0 Å². The SMILES string of the molecule is CC=C[C@H](O)C(C)(C)[C@@H]1CC=CC=CC=C[C@H](O)Cc2nc(co2)C(=O)O[C@H](C(C)(C)[C@@H](O)C=CC)CC=CC=CC=CC=Cc2nc(co2)C(=O)O1. The average Bonchev–Trinajstić information content (AvgIpc) is 3.79. The first kappa shape index (κ1) is 42.3. The highest BCUT2D eigenvalue weighted by Gasteiger charge is 2.39. The lowest BCUT2D eigenvalue weighted by Crippen LogP contribution is -2.42. The number of aliphatic hydroxyl groups is 3. The molecule has 0 saturated heterocycles. The molecule has 3 heterocycles. The van der Waals surface area contributed by atoms with E-state index in [-0.39, 0.29) is 29.6 Å². The number of carbonyl (C=O) groups is 2. The van der Waals surface area contributed by atoms with Crippen molar-refractivity contribution in [3.05, 3.63) is 139 Å². The molecule has 0 amide bonds. The zero-order valence-electron chi connectivity index (χ0n) is 31.2. The minimum atomic E-state index is -0.951. The quantitative estimate of drug-likeness (QED) is 0.201. The van der Waals surface area contributed by atoms with Crippen molar-refractivity contribution in [2.75, 3.05) is 0 Å². The van der Waals surface area contributed by atoms with E-state index in [2.05, 4.69) is 9.97 Å². The fourth-order valence-electron chi connectivity index (χ4n) is 5.11. The van der Waals surface area contributed by atoms with Crippen LogP contribution in [0.4, 0.5) is 0 Å². The van der Waals surface area contributed by atoms with Crippen LogP contribution in [0.2, 0.25) is 0 Å². The van der Waals surface area contributed by atoms with Gasteiger partial charge in [0.05, 0.1) is 24.7 Å². The van der Waals surface area contributed by atoms with Crippen LogP contribution in [0.3, 0.4) is 0 Å². The molecule has 0 fully saturated rings. The van der Waals surface area contributed by atoms with Gasteiger partial charge in [0.15, 0.2) is 17.3 Å². The first-order chi connectivity index (χ1) is 25.3. The third-order valence-corrected chi connectivity index (χ3v) is 8.74. The Hall–Kier alpha value is -5.10. The number of oxazole rings is 2. The molecule has 0 radical (unpaired) electrons. The van der Waals surface area contributed by atoms with Gasteiger partial charge in [-0.3, -0.25) is 0 Å². The van der Waals surface area contributed by atoms with Gasteiger partial charge in [-0.2, -0.15) is 0 Å². The van der Waals surface area contributed by atoms with Gasteiger partial charge in [0.25, 0.3) is 0 Å². The van der Waals surface area contributed by atoms with Gasteiger partial charge < -0.3 is 33.6 Å². The summed E-state index contributed by atoms with van der Waals surface area (Å²) in [6.07, 6.45) is 30.0. The number of carbonyl (C=O) groups excluding carboxylic acids is 2. The molecule has 1 aliphatic heterocycles. The monoisotopic (exact) mass is 728 g/mol. The number of aromatic nitrogens is 2. The number of allylic oxidation sites excluding steroid dienone is 12. The van der Waals surface area contributed by atoms with E-state index in [0.717, 1.165) is 0 Å². The van der Waals surface area contributed by atoms with E-state index in [1.807, 2.05) is 39.8 Å². The van der Waals surface area contributed by atoms with Gasteiger partial charge in [0.1, 0.15) is 24.7 Å². The summed E-state index contributed by atoms with van der Waals surface area (Å²) in [4.78, 5) is 34.7. The summed E-state index contributed by atoms with van der Waals surface area (Å²) in [5.41, 5.74) is -1.74. The molecule has 3 N–H and O–H groups in total. The molecule has 0 spiro atoms. The Kier molecular flexibility index (Phi) is 16.6. The molecule has 2 aromatic rings. The minimum absolute atomic E-state index is 0.00131. The van der Waals surface area contributed by atoms with Crippen LogP contribution in [0.15, 0.2) is 125 Å². The standard InChI is InChI=1S/C42H52N2O9/c1-7-21-33(46)41(3,4)35-25-19-15-12-13-17-23-30(45)27-38-44-32(29-51-38)40(49)53-36(42(5,6)34(47)22-8-2)24-18-14-10-9-11-16-20-26-37-43-31(28-50-37)39(48)52-35/h7-23,26,28-30,33-36,45-47H,24-25,27H2,1-6H3/t30-,33-,34-,35-,36-/m0/s1. The molecular formula is C42H52N2O9. The number of rotatable bonds is 6. The second-order valence-electron chi connectivity index (χ2n) is 13.6. The van der Waals surface area contributed by atoms with Crippen molar-refractivity contribution in [1.82, 2.24) is 9.97 Å². The van der Waals surface area contributed by atoms with E-state index >= 15 is 0 Å². The van der Waals surface area contributed by atoms with Crippen molar-refractivity contribution in [3.8, 4) is 0 Å². The molecule has 11 nitrogen and oxygen atoms in total. The first-order valence-corrected chi connectivity index (χ1v) is 17.6. The van der Waals surface area contributed by atoms with Gasteiger partial charge >= 0.3 is 11.9 Å². The minimum Gasteiger partial charge on any atom is -0.457 e. The van der Waals surface area contributed by atoms with Crippen molar-refractivity contribution in [2.45, 2.75) is 91.3 Å². The lowest BCUT2D eigenvalue weighted by atomic mass is 9.79. The summed E-state index contributed by atoms with van der Waals surface area (Å²) in [5, 5.41) is 32.2. The largest absolute Gasteiger partial charge is 0.457 e. The third kappa shape index (κ3) is 13.1. The Labute approximate surface area is 311 Å². The summed E-state index contributed by atoms with van der Waals surface area (Å²) in [6, 6.07) is 0. The molecule has 284 valence electrons. The van der Waals surface area contributed by atoms with Gasteiger partial charge in [-0.05, 0) is 13.8 Å². The Morgan fingerprint density at radius 1 is 0.698 bits per heavy atom. The van der Waals surface area contributed by atoms with E-state index in [1.54, 1.807) is 111 Å². The average molecular weight is 729 g/mol. The Balaban J connectivity index is 1.88. The molecule has 11 heteroatoms. The van der Waals surface area contributed by atoms with Crippen LogP contribution in [-0.4, -0.2) is 67.7 Å². The Morgan fingerprint density at radius 2 is 1.17 bits per heavy atom. The van der Waals surface area contributed by atoms with E-state index in [0.29, 0.717) is 12.8 Å². The molecule has 0 aliphatic carbocycles. The number of cyclic esters (lactones) is 2. The number of hydrogen-bond donors (Lipinski definition) is 3. The lowest BCUT2D eigenvalue weighted by molar-refractivity contribution is -0.0461. The third-order valence-electron chi connectivity index (χ3n) is 8.74. The number of nitrogens with zero attached hydrogens (tertiary/aromatic N) is 2. The highest BCUT2D eigenvalue weighted by atomic mass is 16.6. The number of hydrogen-bond acceptors (Lipinski definition) is 11. The van der Waals surface area contributed by atoms with Crippen molar-refractivity contribution < 1.29 is 43.2 Å². The number of fused-ring (bicyclic) bond motifs is 4. The predicted molar refractivity (Wildman–Crippen MR) is 203 cm³/mol. The van der Waals surface area contributed by atoms with Crippen molar-refractivity contribution in [1.29, 1.82) is 0 Å². The second kappa shape index (κ2) is 20.8. The fourth-order valence-corrected chi connectivity index (χ4v) is 5.11. The van der Waals surface area contributed by atoms with E-state index in [9.17, 15) is 24.9 Å². The maximum Gasteiger partial charge on any atom is 0.360 e. The van der Waals surface area contributed by atoms with Crippen molar-refractivity contribution >= 4 is 18.0 Å². The van der Waals surface area contributed by atoms with Crippen LogP contribution in [0, 0.1) is 10.8 Å². The summed E-state index contributed by atoms with van der Waals surface area (Å²) < 4.78 is 22.6. The smallest absolute Gasteiger partial charge is 0.360 e. The van der Waals surface area contributed by atoms with Gasteiger partial charge in [-0.1, -0.05) is 131 Å². The van der Waals surface area contributed by atoms with E-state index in [1.165, 1.54) is 12.5 Å². The highest BCUT2D eigenvalue weighted by molar-refractivity contribution is 5.87. The van der Waals surface area contributed by atoms with Crippen LogP contribution in [0.25, 0.3) is 6.08 Å². The fraction of sp³-hybridized carbons (Fsp3) is 0.381. The molecule has 0 aromatic carbocycles. The number of esters is 2. The zero-order chi connectivity index (χ0) is 38.9. The van der Waals surface area contributed by atoms with Crippen LogP contribution < -0.4 is 0 Å². The molecule has 0 saturated carbocycles. The molecule has 5 atom stereocenters. The summed E-state index contributed by atoms with van der Waals surface area (Å²) >= 11 is 0. The molecule has 4 bridgehead atoms. The van der Waals surface area contributed by atoms with E-state index in [4.69, 9.17) is 18.3 Å². The maximum atomic E-state index is 13.2. The predicted octanol–water partition coefficient (Wildman–Crippen LogP) is 7.39. The van der Waals surface area contributed by atoms with Gasteiger partial charge in [0, 0.05) is 29.7 Å². The van der Waals surface area contributed by atoms with Crippen LogP contribution in [0.1, 0.15) is 87.1 Å².